The van der Waals surface area contributed by atoms with E-state index >= 15 is 0 Å². The van der Waals surface area contributed by atoms with Gasteiger partial charge >= 0.3 is 5.97 Å². The molecule has 0 atom stereocenters. The Morgan fingerprint density at radius 1 is 1.33 bits per heavy atom. The van der Waals surface area contributed by atoms with Gasteiger partial charge in [0.25, 0.3) is 5.91 Å². The summed E-state index contributed by atoms with van der Waals surface area (Å²) in [6.45, 7) is 1.56. The van der Waals surface area contributed by atoms with Gasteiger partial charge in [-0.3, -0.25) is 9.59 Å². The van der Waals surface area contributed by atoms with Crippen LogP contribution in [0.15, 0.2) is 39.3 Å². The number of benzene rings is 1. The van der Waals surface area contributed by atoms with Crippen molar-refractivity contribution in [3.8, 4) is 0 Å². The van der Waals surface area contributed by atoms with Crippen LogP contribution in [0, 0.1) is 6.92 Å². The van der Waals surface area contributed by atoms with Crippen LogP contribution >= 0.6 is 15.9 Å². The molecule has 0 saturated carbocycles. The molecule has 0 aliphatic rings. The quantitative estimate of drug-likeness (QED) is 0.834. The first-order valence-electron chi connectivity index (χ1n) is 6.16. The molecule has 0 aliphatic carbocycles. The second-order valence-corrected chi connectivity index (χ2v) is 5.19. The first-order valence-corrected chi connectivity index (χ1v) is 6.95. The lowest BCUT2D eigenvalue weighted by molar-refractivity contribution is -0.143. The van der Waals surface area contributed by atoms with E-state index in [1.807, 2.05) is 0 Å². The van der Waals surface area contributed by atoms with E-state index in [1.54, 1.807) is 37.3 Å². The topological polar surface area (TPSA) is 81.4 Å². The van der Waals surface area contributed by atoms with Gasteiger partial charge in [0, 0.05) is 16.1 Å². The molecule has 0 saturated heterocycles. The molecule has 0 unspecified atom stereocenters. The normalized spacial score (nSPS) is 10.2. The van der Waals surface area contributed by atoms with E-state index in [0.29, 0.717) is 17.0 Å². The molecule has 1 N–H and O–H groups in total. The average molecular weight is 353 g/mol. The molecule has 6 nitrogen and oxygen atoms in total. The number of ether oxygens (including phenoxy) is 1. The van der Waals surface area contributed by atoms with Gasteiger partial charge in [-0.2, -0.15) is 0 Å². The van der Waals surface area contributed by atoms with E-state index in [9.17, 15) is 9.59 Å². The number of aryl methyl sites for hydroxylation is 1. The summed E-state index contributed by atoms with van der Waals surface area (Å²) in [6.07, 6.45) is 0. The van der Waals surface area contributed by atoms with Crippen LogP contribution in [0.4, 0.5) is 0 Å². The zero-order valence-electron chi connectivity index (χ0n) is 11.3. The molecule has 0 spiro atoms. The third-order valence-corrected chi connectivity index (χ3v) is 3.09. The van der Waals surface area contributed by atoms with Gasteiger partial charge in [-0.15, -0.1) is 0 Å². The lowest BCUT2D eigenvalue weighted by atomic mass is 10.2. The maximum absolute atomic E-state index is 11.8. The summed E-state index contributed by atoms with van der Waals surface area (Å²) in [6, 6.07) is 8.49. The number of hydrogen-bond donors (Lipinski definition) is 1. The van der Waals surface area contributed by atoms with Crippen molar-refractivity contribution in [2.24, 2.45) is 0 Å². The van der Waals surface area contributed by atoms with Crippen LogP contribution in [0.1, 0.15) is 21.8 Å². The van der Waals surface area contributed by atoms with Crippen molar-refractivity contribution >= 4 is 27.8 Å². The predicted octanol–water partition coefficient (Wildman–Crippen LogP) is 2.22. The Bertz CT molecular complexity index is 637. The van der Waals surface area contributed by atoms with Crippen LogP contribution in [0.5, 0.6) is 0 Å². The Labute approximate surface area is 129 Å². The molecule has 0 aliphatic heterocycles. The Morgan fingerprint density at radius 3 is 2.67 bits per heavy atom. The van der Waals surface area contributed by atoms with Crippen LogP contribution in [0.3, 0.4) is 0 Å². The van der Waals surface area contributed by atoms with Crippen molar-refractivity contribution in [1.82, 2.24) is 10.5 Å². The molecular formula is C14H13BrN2O4. The predicted molar refractivity (Wildman–Crippen MR) is 77.5 cm³/mol. The van der Waals surface area contributed by atoms with E-state index in [0.717, 1.165) is 4.47 Å². The third-order valence-electron chi connectivity index (χ3n) is 2.56. The molecule has 21 heavy (non-hydrogen) atoms. The molecule has 0 bridgehead atoms. The van der Waals surface area contributed by atoms with Gasteiger partial charge in [-0.05, 0) is 31.2 Å². The van der Waals surface area contributed by atoms with Crippen LogP contribution in [-0.4, -0.2) is 23.6 Å². The van der Waals surface area contributed by atoms with Gasteiger partial charge in [0.1, 0.15) is 24.6 Å². The number of nitrogens with zero attached hydrogens (tertiary/aromatic N) is 1. The Kier molecular flexibility index (Phi) is 5.10. The molecule has 1 aromatic heterocycles. The summed E-state index contributed by atoms with van der Waals surface area (Å²) < 4.78 is 10.7. The number of aromatic nitrogens is 1. The zero-order valence-corrected chi connectivity index (χ0v) is 12.8. The van der Waals surface area contributed by atoms with Gasteiger partial charge in [0.2, 0.25) is 0 Å². The summed E-state index contributed by atoms with van der Waals surface area (Å²) in [5.41, 5.74) is 0.998. The van der Waals surface area contributed by atoms with Crippen molar-refractivity contribution in [2.45, 2.75) is 13.5 Å². The second kappa shape index (κ2) is 7.03. The van der Waals surface area contributed by atoms with Crippen LogP contribution in [0.2, 0.25) is 0 Å². The highest BCUT2D eigenvalue weighted by atomic mass is 79.9. The summed E-state index contributed by atoms with van der Waals surface area (Å²) in [5.74, 6) is -0.234. The minimum atomic E-state index is -0.541. The van der Waals surface area contributed by atoms with Crippen molar-refractivity contribution in [3.05, 3.63) is 51.8 Å². The summed E-state index contributed by atoms with van der Waals surface area (Å²) in [5, 5.41) is 6.18. The number of amides is 1. The fourth-order valence-electron chi connectivity index (χ4n) is 1.55. The average Bonchev–Trinajstić information content (AvgIpc) is 2.89. The molecule has 7 heteroatoms. The molecule has 110 valence electrons. The SMILES string of the molecule is Cc1cc(COC(=O)CNC(=O)c2ccc(Br)cc2)no1. The summed E-state index contributed by atoms with van der Waals surface area (Å²) in [7, 11) is 0. The molecule has 0 fully saturated rings. The van der Waals surface area contributed by atoms with Crippen molar-refractivity contribution < 1.29 is 18.8 Å². The Hall–Kier alpha value is -2.15. The Balaban J connectivity index is 1.75. The van der Waals surface area contributed by atoms with Gasteiger partial charge in [0.05, 0.1) is 0 Å². The summed E-state index contributed by atoms with van der Waals surface area (Å²) >= 11 is 3.28. The smallest absolute Gasteiger partial charge is 0.325 e. The maximum Gasteiger partial charge on any atom is 0.325 e. The lowest BCUT2D eigenvalue weighted by Gasteiger charge is -2.05. The van der Waals surface area contributed by atoms with E-state index in [2.05, 4.69) is 26.4 Å². The standard InChI is InChI=1S/C14H13BrN2O4/c1-9-6-12(17-21-9)8-20-13(18)7-16-14(19)10-2-4-11(15)5-3-10/h2-6H,7-8H2,1H3,(H,16,19). The minimum Gasteiger partial charge on any atom is -0.458 e. The first-order chi connectivity index (χ1) is 10.0. The van der Waals surface area contributed by atoms with Crippen LogP contribution in [0.25, 0.3) is 0 Å². The molecule has 1 heterocycles. The van der Waals surface area contributed by atoms with E-state index in [4.69, 9.17) is 9.26 Å². The van der Waals surface area contributed by atoms with Gasteiger partial charge in [0.15, 0.2) is 0 Å². The highest BCUT2D eigenvalue weighted by Crippen LogP contribution is 2.10. The number of esters is 1. The van der Waals surface area contributed by atoms with Gasteiger partial charge < -0.3 is 14.6 Å². The number of carbonyl (C=O) groups is 2. The fraction of sp³-hybridized carbons (Fsp3) is 0.214. The molecule has 2 aromatic rings. The van der Waals surface area contributed by atoms with Crippen LogP contribution in [-0.2, 0) is 16.1 Å². The van der Waals surface area contributed by atoms with Crippen molar-refractivity contribution in [3.63, 3.8) is 0 Å². The number of rotatable bonds is 5. The number of halogens is 1. The molecular weight excluding hydrogens is 340 g/mol. The third kappa shape index (κ3) is 4.71. The van der Waals surface area contributed by atoms with E-state index in [1.165, 1.54) is 0 Å². The van der Waals surface area contributed by atoms with E-state index in [-0.39, 0.29) is 19.1 Å². The minimum absolute atomic E-state index is 0.0182. The Morgan fingerprint density at radius 2 is 2.05 bits per heavy atom. The van der Waals surface area contributed by atoms with Crippen molar-refractivity contribution in [2.75, 3.05) is 6.54 Å². The summed E-state index contributed by atoms with van der Waals surface area (Å²) in [4.78, 5) is 23.3. The van der Waals surface area contributed by atoms with Crippen molar-refractivity contribution in [1.29, 1.82) is 0 Å². The van der Waals surface area contributed by atoms with E-state index < -0.39 is 5.97 Å². The highest BCUT2D eigenvalue weighted by Gasteiger charge is 2.10. The molecule has 1 amide bonds. The zero-order chi connectivity index (χ0) is 15.2. The van der Waals surface area contributed by atoms with Crippen LogP contribution < -0.4 is 5.32 Å². The fourth-order valence-corrected chi connectivity index (χ4v) is 1.81. The molecule has 2 rings (SSSR count). The highest BCUT2D eigenvalue weighted by molar-refractivity contribution is 9.10. The van der Waals surface area contributed by atoms with Gasteiger partial charge in [-0.1, -0.05) is 21.1 Å². The molecule has 1 aromatic carbocycles. The molecule has 0 radical (unpaired) electrons. The lowest BCUT2D eigenvalue weighted by Crippen LogP contribution is -2.30. The van der Waals surface area contributed by atoms with Gasteiger partial charge in [-0.25, -0.2) is 0 Å². The first kappa shape index (κ1) is 15.2. The number of hydrogen-bond acceptors (Lipinski definition) is 5. The largest absolute Gasteiger partial charge is 0.458 e. The number of carbonyl (C=O) groups excluding carboxylic acids is 2. The number of nitrogens with one attached hydrogen (secondary N) is 1. The monoisotopic (exact) mass is 352 g/mol. The maximum atomic E-state index is 11.8. The second-order valence-electron chi connectivity index (χ2n) is 4.28.